The molecule has 90 valence electrons. The number of aliphatic imine (C=N–C) groups is 1. The molecule has 3 aliphatic rings. The van der Waals surface area contributed by atoms with Crippen LogP contribution in [0, 0.1) is 5.92 Å². The van der Waals surface area contributed by atoms with Crippen LogP contribution in [0.3, 0.4) is 0 Å². The van der Waals surface area contributed by atoms with Crippen LogP contribution < -0.4 is 0 Å². The van der Waals surface area contributed by atoms with E-state index < -0.39 is 0 Å². The molecule has 0 fully saturated rings. The van der Waals surface area contributed by atoms with Crippen molar-refractivity contribution in [1.82, 2.24) is 0 Å². The van der Waals surface area contributed by atoms with E-state index in [9.17, 15) is 0 Å². The average Bonchev–Trinajstić information content (AvgIpc) is 2.92. The van der Waals surface area contributed by atoms with E-state index in [4.69, 9.17) is 4.99 Å². The maximum atomic E-state index is 4.74. The summed E-state index contributed by atoms with van der Waals surface area (Å²) in [4.78, 5) is 4.74. The zero-order valence-corrected chi connectivity index (χ0v) is 11.1. The van der Waals surface area contributed by atoms with Crippen molar-refractivity contribution in [3.63, 3.8) is 0 Å². The molecule has 0 aromatic rings. The topological polar surface area (TPSA) is 12.4 Å². The molecule has 3 rings (SSSR count). The van der Waals surface area contributed by atoms with Crippen LogP contribution in [0.1, 0.15) is 20.8 Å². The number of fused-ring (bicyclic) bond motifs is 1. The molecule has 0 saturated carbocycles. The number of hydrogen-bond acceptors (Lipinski definition) is 1. The Kier molecular flexibility index (Phi) is 2.55. The summed E-state index contributed by atoms with van der Waals surface area (Å²) in [6.07, 6.45) is 15.3. The first-order valence-electron chi connectivity index (χ1n) is 6.38. The Bertz CT molecular complexity index is 612. The first-order chi connectivity index (χ1) is 8.65. The SMILES string of the molecule is CC(C)=CC1=NC2=CC=CC2=C1C1C=CC(C)=C1. The largest absolute Gasteiger partial charge is 0.248 e. The van der Waals surface area contributed by atoms with Gasteiger partial charge in [0.05, 0.1) is 11.4 Å². The van der Waals surface area contributed by atoms with Crippen molar-refractivity contribution in [2.24, 2.45) is 10.9 Å². The molecule has 1 nitrogen and oxygen atoms in total. The van der Waals surface area contributed by atoms with E-state index in [-0.39, 0.29) is 0 Å². The predicted molar refractivity (Wildman–Crippen MR) is 77.5 cm³/mol. The Hall–Kier alpha value is -1.89. The molecule has 0 saturated heterocycles. The third-order valence-corrected chi connectivity index (χ3v) is 3.37. The first-order valence-corrected chi connectivity index (χ1v) is 6.38. The molecule has 0 aromatic carbocycles. The Labute approximate surface area is 108 Å². The van der Waals surface area contributed by atoms with Gasteiger partial charge in [-0.05, 0) is 38.5 Å². The lowest BCUT2D eigenvalue weighted by atomic mass is 9.92. The van der Waals surface area contributed by atoms with Gasteiger partial charge in [0.1, 0.15) is 0 Å². The molecule has 1 aliphatic heterocycles. The summed E-state index contributed by atoms with van der Waals surface area (Å²) in [5.41, 5.74) is 7.51. The first kappa shape index (κ1) is 11.2. The van der Waals surface area contributed by atoms with Crippen LogP contribution >= 0.6 is 0 Å². The summed E-state index contributed by atoms with van der Waals surface area (Å²) < 4.78 is 0. The molecule has 1 unspecified atom stereocenters. The Morgan fingerprint density at radius 1 is 1.28 bits per heavy atom. The van der Waals surface area contributed by atoms with Crippen LogP contribution in [-0.4, -0.2) is 5.71 Å². The Balaban J connectivity index is 2.09. The van der Waals surface area contributed by atoms with E-state index >= 15 is 0 Å². The van der Waals surface area contributed by atoms with Gasteiger partial charge in [-0.1, -0.05) is 41.5 Å². The van der Waals surface area contributed by atoms with E-state index in [0.29, 0.717) is 5.92 Å². The molecular weight excluding hydrogens is 218 g/mol. The van der Waals surface area contributed by atoms with Gasteiger partial charge in [0.25, 0.3) is 0 Å². The van der Waals surface area contributed by atoms with Gasteiger partial charge in [-0.2, -0.15) is 0 Å². The van der Waals surface area contributed by atoms with Gasteiger partial charge in [0, 0.05) is 11.5 Å². The second kappa shape index (κ2) is 4.09. The minimum Gasteiger partial charge on any atom is -0.248 e. The fourth-order valence-electron chi connectivity index (χ4n) is 2.63. The average molecular weight is 235 g/mol. The monoisotopic (exact) mass is 235 g/mol. The summed E-state index contributed by atoms with van der Waals surface area (Å²) in [6, 6.07) is 0. The highest BCUT2D eigenvalue weighted by Gasteiger charge is 2.27. The molecule has 2 aliphatic carbocycles. The lowest BCUT2D eigenvalue weighted by Crippen LogP contribution is -2.06. The van der Waals surface area contributed by atoms with Crippen LogP contribution in [0.15, 0.2) is 75.5 Å². The van der Waals surface area contributed by atoms with Crippen molar-refractivity contribution in [3.05, 3.63) is 70.5 Å². The normalized spacial score (nSPS) is 24.2. The van der Waals surface area contributed by atoms with Gasteiger partial charge in [0.15, 0.2) is 0 Å². The fraction of sp³-hybridized carbons (Fsp3) is 0.235. The maximum absolute atomic E-state index is 4.74. The number of hydrogen-bond donors (Lipinski definition) is 0. The van der Waals surface area contributed by atoms with Crippen molar-refractivity contribution in [2.75, 3.05) is 0 Å². The molecule has 1 heterocycles. The number of allylic oxidation sites excluding steroid dienone is 10. The molecule has 0 aromatic heterocycles. The molecule has 0 radical (unpaired) electrons. The predicted octanol–water partition coefficient (Wildman–Crippen LogP) is 4.29. The van der Waals surface area contributed by atoms with Gasteiger partial charge in [0.2, 0.25) is 0 Å². The fourth-order valence-corrected chi connectivity index (χ4v) is 2.63. The van der Waals surface area contributed by atoms with Crippen LogP contribution in [0.2, 0.25) is 0 Å². The second-order valence-electron chi connectivity index (χ2n) is 5.25. The van der Waals surface area contributed by atoms with Crippen LogP contribution in [0.5, 0.6) is 0 Å². The number of nitrogens with zero attached hydrogens (tertiary/aromatic N) is 1. The smallest absolute Gasteiger partial charge is 0.0713 e. The van der Waals surface area contributed by atoms with Gasteiger partial charge < -0.3 is 0 Å². The molecule has 0 N–H and O–H groups in total. The molecule has 1 heteroatoms. The van der Waals surface area contributed by atoms with Crippen LogP contribution in [-0.2, 0) is 0 Å². The van der Waals surface area contributed by atoms with Crippen molar-refractivity contribution in [2.45, 2.75) is 20.8 Å². The third kappa shape index (κ3) is 1.76. The summed E-state index contributed by atoms with van der Waals surface area (Å²) in [5.74, 6) is 0.378. The van der Waals surface area contributed by atoms with E-state index in [2.05, 4.69) is 63.3 Å². The zero-order chi connectivity index (χ0) is 12.7. The van der Waals surface area contributed by atoms with Gasteiger partial charge in [-0.15, -0.1) is 0 Å². The molecule has 0 bridgehead atoms. The summed E-state index contributed by atoms with van der Waals surface area (Å²) in [6.45, 7) is 6.39. The molecule has 18 heavy (non-hydrogen) atoms. The minimum absolute atomic E-state index is 0.378. The van der Waals surface area contributed by atoms with Crippen molar-refractivity contribution >= 4 is 5.71 Å². The lowest BCUT2D eigenvalue weighted by molar-refractivity contribution is 1.04. The second-order valence-corrected chi connectivity index (χ2v) is 5.25. The van der Waals surface area contributed by atoms with Gasteiger partial charge >= 0.3 is 0 Å². The molecule has 0 spiro atoms. The van der Waals surface area contributed by atoms with E-state index in [1.165, 1.54) is 22.3 Å². The zero-order valence-electron chi connectivity index (χ0n) is 11.1. The van der Waals surface area contributed by atoms with Crippen molar-refractivity contribution < 1.29 is 0 Å². The highest BCUT2D eigenvalue weighted by molar-refractivity contribution is 6.14. The van der Waals surface area contributed by atoms with E-state index in [0.717, 1.165) is 11.4 Å². The quantitative estimate of drug-likeness (QED) is 0.677. The summed E-state index contributed by atoms with van der Waals surface area (Å²) >= 11 is 0. The third-order valence-electron chi connectivity index (χ3n) is 3.37. The Morgan fingerprint density at radius 2 is 2.11 bits per heavy atom. The molecule has 1 atom stereocenters. The Morgan fingerprint density at radius 3 is 2.78 bits per heavy atom. The summed E-state index contributed by atoms with van der Waals surface area (Å²) in [7, 11) is 0. The van der Waals surface area contributed by atoms with Crippen LogP contribution in [0.25, 0.3) is 0 Å². The molecular formula is C17H17N. The highest BCUT2D eigenvalue weighted by Crippen LogP contribution is 2.37. The van der Waals surface area contributed by atoms with Crippen LogP contribution in [0.4, 0.5) is 0 Å². The summed E-state index contributed by atoms with van der Waals surface area (Å²) in [5, 5.41) is 0. The van der Waals surface area contributed by atoms with Crippen molar-refractivity contribution in [3.8, 4) is 0 Å². The highest BCUT2D eigenvalue weighted by atomic mass is 14.8. The van der Waals surface area contributed by atoms with Gasteiger partial charge in [-0.25, -0.2) is 4.99 Å². The van der Waals surface area contributed by atoms with E-state index in [1.54, 1.807) is 0 Å². The standard InChI is InChI=1S/C17H17N/c1-11(2)9-16-17(13-8-7-12(3)10-13)14-5-4-6-15(14)18-16/h4-10,13H,1-3H3. The number of rotatable bonds is 2. The van der Waals surface area contributed by atoms with Crippen molar-refractivity contribution in [1.29, 1.82) is 0 Å². The van der Waals surface area contributed by atoms with Gasteiger partial charge in [-0.3, -0.25) is 0 Å². The minimum atomic E-state index is 0.378. The molecule has 0 amide bonds. The maximum Gasteiger partial charge on any atom is 0.0713 e. The lowest BCUT2D eigenvalue weighted by Gasteiger charge is -2.10. The van der Waals surface area contributed by atoms with E-state index in [1.807, 2.05) is 0 Å².